The molecule has 2 aliphatic rings. The van der Waals surface area contributed by atoms with Crippen molar-refractivity contribution in [3.8, 4) is 22.6 Å². The van der Waals surface area contributed by atoms with Crippen LogP contribution >= 0.6 is 0 Å². The van der Waals surface area contributed by atoms with Crippen molar-refractivity contribution in [1.29, 1.82) is 0 Å². The molecule has 8 rings (SSSR count). The highest BCUT2D eigenvalue weighted by Gasteiger charge is 2.79. The molecule has 14 nitrogen and oxygen atoms in total. The summed E-state index contributed by atoms with van der Waals surface area (Å²) in [5, 5.41) is 20.0. The van der Waals surface area contributed by atoms with Crippen LogP contribution in [0.15, 0.2) is 121 Å². The van der Waals surface area contributed by atoms with E-state index >= 15 is 0 Å². The maximum absolute atomic E-state index is 11.6. The number of nitrogens with one attached hydrogen (secondary N) is 1. The number of ether oxygens (including phenoxy) is 1. The number of amides is 5. The summed E-state index contributed by atoms with van der Waals surface area (Å²) in [4.78, 5) is 92.2. The lowest BCUT2D eigenvalue weighted by molar-refractivity contribution is -0.198. The van der Waals surface area contributed by atoms with Gasteiger partial charge in [-0.2, -0.15) is 0 Å². The molecule has 0 bridgehead atoms. The number of likely N-dealkylation sites (tertiary alicyclic amines) is 2. The summed E-state index contributed by atoms with van der Waals surface area (Å²) >= 11 is 0. The zero-order valence-corrected chi connectivity index (χ0v) is 50.0. The van der Waals surface area contributed by atoms with Crippen LogP contribution in [-0.4, -0.2) is 87.9 Å². The standard InChI is InChI=1S/C16H18.C14H14O.C11H17NO6.C10H14.C8H8N2O4.C8H10/c1-11-5-7-15(9-13(11)3)16-8-6-12(2)14(4)10-16;1-11-3-7-13(8-4-11)15-14-9-5-12(2)6-10-14;1-3-4-7(13)5-11(10(17)18,6-8(14)15)9(16)12-2;1-7-5-9(3)10(4)6-8(7)2;1-3-10-6(13)8(7(10)14)4(11)9(2)5(8)12;1-7-3-5-8(2)6-4-7/h5-10H,1-4H3;3-10H,1-2H3;3-6H2,1-2H3,(H,12,16)(H,14,15)(H,17,18);5-6H,1-4H3;3H2,1-2H3;3-6H,1-2H3. The Kier molecular flexibility index (Phi) is 24.9. The summed E-state index contributed by atoms with van der Waals surface area (Å²) in [6.45, 7) is 29.1. The van der Waals surface area contributed by atoms with Crippen molar-refractivity contribution in [3.05, 3.63) is 188 Å². The molecule has 5 amide bonds. The smallest absolute Gasteiger partial charge is 0.320 e. The number of imide groups is 2. The Bertz CT molecular complexity index is 3020. The fraction of sp³-hybridized carbons (Fsp3) is 0.343. The first kappa shape index (κ1) is 66.8. The number of aliphatic carboxylic acids is 2. The molecule has 2 aliphatic heterocycles. The number of Topliss-reactive ketones (excluding diaryl/α,β-unsaturated/α-hetero) is 1. The van der Waals surface area contributed by atoms with E-state index in [4.69, 9.17) is 14.9 Å². The van der Waals surface area contributed by atoms with Crippen molar-refractivity contribution >= 4 is 47.3 Å². The number of ketones is 1. The quantitative estimate of drug-likeness (QED) is 0.0776. The summed E-state index contributed by atoms with van der Waals surface area (Å²) in [6.07, 6.45) is -0.902. The van der Waals surface area contributed by atoms with Gasteiger partial charge in [0.2, 0.25) is 5.91 Å². The van der Waals surface area contributed by atoms with Crippen molar-refractivity contribution in [1.82, 2.24) is 15.1 Å². The number of carbonyl (C=O) groups is 8. The van der Waals surface area contributed by atoms with Gasteiger partial charge < -0.3 is 20.3 Å². The fourth-order valence-corrected chi connectivity index (χ4v) is 8.43. The molecule has 2 fully saturated rings. The SMILES string of the molecule is CCCC(=O)CC(CC(=O)O)(C(=O)O)C(=O)NC.CCN1C(=O)C2(C(=O)N(C)C2=O)C1=O.Cc1cc(C)c(C)cc1C.Cc1ccc(-c2ccc(C)c(C)c2)cc1C.Cc1ccc(C)cc1.Cc1ccc(Oc2ccc(C)cc2)cc1. The van der Waals surface area contributed by atoms with E-state index in [9.17, 15) is 38.4 Å². The van der Waals surface area contributed by atoms with Gasteiger partial charge in [0.05, 0.1) is 6.42 Å². The Morgan fingerprint density at radius 3 is 1.14 bits per heavy atom. The highest BCUT2D eigenvalue weighted by molar-refractivity contribution is 6.52. The first-order valence-corrected chi connectivity index (χ1v) is 26.9. The molecule has 2 saturated heterocycles. The van der Waals surface area contributed by atoms with E-state index < -0.39 is 70.9 Å². The normalized spacial score (nSPS) is 13.2. The molecule has 6 aromatic carbocycles. The van der Waals surface area contributed by atoms with E-state index in [0.29, 0.717) is 6.42 Å². The molecule has 1 spiro atoms. The number of carbonyl (C=O) groups excluding carboxylic acids is 6. The van der Waals surface area contributed by atoms with Gasteiger partial charge in [-0.3, -0.25) is 48.2 Å². The number of carboxylic acids is 2. The molecule has 1 atom stereocenters. The van der Waals surface area contributed by atoms with E-state index in [1.807, 2.05) is 48.5 Å². The molecule has 1 unspecified atom stereocenters. The van der Waals surface area contributed by atoms with Gasteiger partial charge in [0.15, 0.2) is 5.41 Å². The zero-order valence-electron chi connectivity index (χ0n) is 50.0. The third kappa shape index (κ3) is 17.5. The molecule has 0 saturated carbocycles. The minimum absolute atomic E-state index is 0.117. The highest BCUT2D eigenvalue weighted by atomic mass is 16.5. The number of aryl methyl sites for hydroxylation is 12. The topological polar surface area (TPSA) is 205 Å². The van der Waals surface area contributed by atoms with Gasteiger partial charge in [0.25, 0.3) is 29.0 Å². The largest absolute Gasteiger partial charge is 0.481 e. The van der Waals surface area contributed by atoms with Crippen molar-refractivity contribution < 1.29 is 53.3 Å². The third-order valence-electron chi connectivity index (χ3n) is 14.2. The van der Waals surface area contributed by atoms with Gasteiger partial charge in [-0.1, -0.05) is 126 Å². The minimum Gasteiger partial charge on any atom is -0.481 e. The molecule has 0 radical (unpaired) electrons. The van der Waals surface area contributed by atoms with E-state index in [1.54, 1.807) is 13.8 Å². The molecule has 2 heterocycles. The number of nitrogens with zero attached hydrogens (tertiary/aromatic N) is 2. The number of hydrogen-bond acceptors (Lipinski definition) is 9. The van der Waals surface area contributed by atoms with Gasteiger partial charge in [0, 0.05) is 33.5 Å². The summed E-state index contributed by atoms with van der Waals surface area (Å²) in [7, 11) is 2.46. The predicted molar refractivity (Wildman–Crippen MR) is 318 cm³/mol. The van der Waals surface area contributed by atoms with Crippen molar-refractivity contribution in [3.63, 3.8) is 0 Å². The molecule has 14 heteroatoms. The lowest BCUT2D eigenvalue weighted by Gasteiger charge is -2.51. The first-order valence-electron chi connectivity index (χ1n) is 26.9. The monoisotopic (exact) mass is 1100 g/mol. The molecular weight excluding hydrogens is 1020 g/mol. The first-order chi connectivity index (χ1) is 38.0. The van der Waals surface area contributed by atoms with E-state index in [1.165, 1.54) is 92.0 Å². The second-order valence-corrected chi connectivity index (χ2v) is 20.8. The Morgan fingerprint density at radius 1 is 0.494 bits per heavy atom. The number of benzene rings is 6. The van der Waals surface area contributed by atoms with Crippen molar-refractivity contribution in [2.45, 2.75) is 123 Å². The Hall–Kier alpha value is -8.52. The fourth-order valence-electron chi connectivity index (χ4n) is 8.43. The van der Waals surface area contributed by atoms with Crippen LogP contribution in [0.25, 0.3) is 11.1 Å². The molecular formula is C67H81N3O11. The molecule has 6 aromatic rings. The third-order valence-corrected chi connectivity index (χ3v) is 14.2. The van der Waals surface area contributed by atoms with Crippen molar-refractivity contribution in [2.75, 3.05) is 20.6 Å². The minimum atomic E-state index is -2.23. The number of hydrogen-bond donors (Lipinski definition) is 3. The Labute approximate surface area is 478 Å². The summed E-state index contributed by atoms with van der Waals surface area (Å²) in [6, 6.07) is 42.4. The van der Waals surface area contributed by atoms with Crippen LogP contribution < -0.4 is 10.1 Å². The van der Waals surface area contributed by atoms with Crippen LogP contribution in [0.5, 0.6) is 11.5 Å². The molecule has 3 N–H and O–H groups in total. The van der Waals surface area contributed by atoms with Gasteiger partial charge >= 0.3 is 11.9 Å². The average Bonchev–Trinajstić information content (AvgIpc) is 1.95. The second kappa shape index (κ2) is 30.2. The zero-order chi connectivity index (χ0) is 61.1. The van der Waals surface area contributed by atoms with Crippen LogP contribution in [-0.2, 0) is 38.4 Å². The Morgan fingerprint density at radius 2 is 0.840 bits per heavy atom. The van der Waals surface area contributed by atoms with Gasteiger partial charge in [-0.05, 0) is 176 Å². The van der Waals surface area contributed by atoms with Crippen LogP contribution in [0.1, 0.15) is 106 Å². The highest BCUT2D eigenvalue weighted by Crippen LogP contribution is 2.43. The van der Waals surface area contributed by atoms with Crippen LogP contribution in [0.2, 0.25) is 0 Å². The van der Waals surface area contributed by atoms with Crippen molar-refractivity contribution in [2.24, 2.45) is 10.8 Å². The molecule has 0 aliphatic carbocycles. The molecule has 0 aromatic heterocycles. The number of β-lactam (4-membered cyclic amide) rings is 4. The van der Waals surface area contributed by atoms with Crippen LogP contribution in [0.4, 0.5) is 0 Å². The Balaban J connectivity index is 0.000000259. The van der Waals surface area contributed by atoms with E-state index in [0.717, 1.165) is 21.3 Å². The van der Waals surface area contributed by atoms with Gasteiger partial charge in [-0.15, -0.1) is 0 Å². The maximum Gasteiger partial charge on any atom is 0.320 e. The second-order valence-electron chi connectivity index (χ2n) is 20.8. The summed E-state index contributed by atoms with van der Waals surface area (Å²) < 4.78 is 5.69. The average molecular weight is 1100 g/mol. The molecule has 430 valence electrons. The maximum atomic E-state index is 11.6. The predicted octanol–water partition coefficient (Wildman–Crippen LogP) is 12.3. The van der Waals surface area contributed by atoms with Crippen LogP contribution in [0.3, 0.4) is 0 Å². The number of rotatable bonds is 12. The lowest BCUT2D eigenvalue weighted by atomic mass is 9.69. The van der Waals surface area contributed by atoms with Gasteiger partial charge in [-0.25, -0.2) is 0 Å². The number of carboxylic acid groups (broad SMARTS) is 2. The summed E-state index contributed by atoms with van der Waals surface area (Å²) in [5.41, 5.74) is 14.5. The molecule has 81 heavy (non-hydrogen) atoms. The van der Waals surface area contributed by atoms with E-state index in [2.05, 4.69) is 161 Å². The lowest BCUT2D eigenvalue weighted by Crippen LogP contribution is -2.83. The summed E-state index contributed by atoms with van der Waals surface area (Å²) in [5.74, 6) is -5.47. The van der Waals surface area contributed by atoms with E-state index in [-0.39, 0.29) is 13.0 Å². The van der Waals surface area contributed by atoms with Crippen LogP contribution in [0, 0.1) is 93.9 Å². The van der Waals surface area contributed by atoms with Gasteiger partial charge in [0.1, 0.15) is 17.3 Å².